The van der Waals surface area contributed by atoms with Crippen LogP contribution in [0.4, 0.5) is 11.6 Å². The Bertz CT molecular complexity index is 771. The molecule has 1 aromatic carbocycles. The highest BCUT2D eigenvalue weighted by atomic mass is 32.1. The highest BCUT2D eigenvalue weighted by Gasteiger charge is 2.11. The summed E-state index contributed by atoms with van der Waals surface area (Å²) in [5, 5.41) is 2.82. The zero-order valence-corrected chi connectivity index (χ0v) is 12.5. The molecule has 3 N–H and O–H groups in total. The van der Waals surface area contributed by atoms with Gasteiger partial charge in [0.25, 0.3) is 0 Å². The highest BCUT2D eigenvalue weighted by molar-refractivity contribution is 7.16. The third-order valence-corrected chi connectivity index (χ3v) is 3.77. The van der Waals surface area contributed by atoms with Crippen molar-refractivity contribution in [3.63, 3.8) is 0 Å². The predicted molar refractivity (Wildman–Crippen MR) is 86.1 cm³/mol. The molecular weight excluding hydrogens is 286 g/mol. The van der Waals surface area contributed by atoms with Gasteiger partial charge in [-0.05, 0) is 23.6 Å². The Kier molecular flexibility index (Phi) is 3.59. The molecule has 21 heavy (non-hydrogen) atoms. The molecule has 0 unspecified atom stereocenters. The number of hydrogen-bond donors (Lipinski definition) is 2. The molecule has 0 atom stereocenters. The molecule has 0 saturated heterocycles. The molecule has 2 aromatic heterocycles. The van der Waals surface area contributed by atoms with Crippen LogP contribution in [0.25, 0.3) is 10.2 Å². The van der Waals surface area contributed by atoms with E-state index in [9.17, 15) is 0 Å². The number of thiophene rings is 1. The van der Waals surface area contributed by atoms with Gasteiger partial charge in [-0.15, -0.1) is 11.3 Å². The second-order valence-corrected chi connectivity index (χ2v) is 5.52. The zero-order chi connectivity index (χ0) is 14.8. The molecule has 0 amide bonds. The molecule has 0 aliphatic rings. The first-order valence-corrected chi connectivity index (χ1v) is 7.22. The van der Waals surface area contributed by atoms with Crippen molar-refractivity contribution in [1.29, 1.82) is 0 Å². The van der Waals surface area contributed by atoms with Crippen LogP contribution in [0.5, 0.6) is 11.6 Å². The topological polar surface area (TPSA) is 76.3 Å². The minimum Gasteiger partial charge on any atom is -0.438 e. The number of nitrogens with one attached hydrogen (secondary N) is 1. The lowest BCUT2D eigenvalue weighted by Crippen LogP contribution is -2.10. The molecule has 6 nitrogen and oxygen atoms in total. The number of rotatable bonds is 4. The first-order chi connectivity index (χ1) is 10.2. The van der Waals surface area contributed by atoms with Gasteiger partial charge in [0.15, 0.2) is 0 Å². The number of anilines is 2. The van der Waals surface area contributed by atoms with Crippen LogP contribution in [0, 0.1) is 0 Å². The first-order valence-electron chi connectivity index (χ1n) is 6.34. The molecule has 7 heteroatoms. The van der Waals surface area contributed by atoms with Gasteiger partial charge in [0.05, 0.1) is 5.39 Å². The number of fused-ring (bicyclic) bond motifs is 1. The van der Waals surface area contributed by atoms with Crippen molar-refractivity contribution in [3.05, 3.63) is 35.7 Å². The van der Waals surface area contributed by atoms with Gasteiger partial charge in [0.1, 0.15) is 10.6 Å². The molecule has 0 saturated carbocycles. The van der Waals surface area contributed by atoms with Gasteiger partial charge in [0, 0.05) is 25.8 Å². The number of nitrogens with zero attached hydrogens (tertiary/aromatic N) is 3. The number of aromatic nitrogens is 2. The summed E-state index contributed by atoms with van der Waals surface area (Å²) in [5.74, 6) is 6.95. The zero-order valence-electron chi connectivity index (χ0n) is 11.7. The van der Waals surface area contributed by atoms with Crippen LogP contribution in [0.2, 0.25) is 0 Å². The number of benzene rings is 1. The van der Waals surface area contributed by atoms with Crippen molar-refractivity contribution >= 4 is 33.2 Å². The maximum atomic E-state index is 5.92. The van der Waals surface area contributed by atoms with Crippen LogP contribution in [0.3, 0.4) is 0 Å². The number of hydrogen-bond acceptors (Lipinski definition) is 7. The van der Waals surface area contributed by atoms with Crippen molar-refractivity contribution in [2.75, 3.05) is 24.4 Å². The molecule has 2 heterocycles. The van der Waals surface area contributed by atoms with E-state index in [1.54, 1.807) is 0 Å². The molecule has 0 radical (unpaired) electrons. The highest BCUT2D eigenvalue weighted by Crippen LogP contribution is 2.32. The smallest absolute Gasteiger partial charge is 0.241 e. The fourth-order valence-electron chi connectivity index (χ4n) is 1.91. The summed E-state index contributed by atoms with van der Waals surface area (Å²) in [6.45, 7) is 0. The van der Waals surface area contributed by atoms with Gasteiger partial charge in [-0.1, -0.05) is 6.07 Å². The number of ether oxygens (including phenoxy) is 1. The summed E-state index contributed by atoms with van der Waals surface area (Å²) in [5.41, 5.74) is 3.52. The second kappa shape index (κ2) is 5.55. The molecule has 0 fully saturated rings. The lowest BCUT2D eigenvalue weighted by molar-refractivity contribution is 0.469. The SMILES string of the molecule is CN(C)c1cccc(Oc2nc(NN)nc3sccc23)c1. The Morgan fingerprint density at radius 3 is 2.86 bits per heavy atom. The van der Waals surface area contributed by atoms with E-state index in [0.717, 1.165) is 21.7 Å². The third-order valence-electron chi connectivity index (χ3n) is 2.97. The number of nitrogen functional groups attached to an aromatic ring is 1. The molecule has 0 aliphatic heterocycles. The monoisotopic (exact) mass is 301 g/mol. The summed E-state index contributed by atoms with van der Waals surface area (Å²) < 4.78 is 5.92. The van der Waals surface area contributed by atoms with Crippen molar-refractivity contribution in [1.82, 2.24) is 9.97 Å². The van der Waals surface area contributed by atoms with Gasteiger partial charge in [-0.3, -0.25) is 5.43 Å². The Morgan fingerprint density at radius 2 is 2.10 bits per heavy atom. The Morgan fingerprint density at radius 1 is 1.24 bits per heavy atom. The van der Waals surface area contributed by atoms with Gasteiger partial charge < -0.3 is 9.64 Å². The molecule has 0 bridgehead atoms. The van der Waals surface area contributed by atoms with E-state index in [4.69, 9.17) is 10.6 Å². The van der Waals surface area contributed by atoms with Crippen LogP contribution in [-0.4, -0.2) is 24.1 Å². The van der Waals surface area contributed by atoms with Gasteiger partial charge in [0.2, 0.25) is 11.8 Å². The predicted octanol–water partition coefficient (Wildman–Crippen LogP) is 2.84. The molecule has 108 valence electrons. The fourth-order valence-corrected chi connectivity index (χ4v) is 2.66. The third kappa shape index (κ3) is 2.74. The summed E-state index contributed by atoms with van der Waals surface area (Å²) >= 11 is 1.51. The van der Waals surface area contributed by atoms with Gasteiger partial charge in [-0.2, -0.15) is 4.98 Å². The van der Waals surface area contributed by atoms with Crippen LogP contribution < -0.4 is 20.9 Å². The van der Waals surface area contributed by atoms with Crippen LogP contribution in [0.15, 0.2) is 35.7 Å². The van der Waals surface area contributed by atoms with Crippen molar-refractivity contribution < 1.29 is 4.74 Å². The lowest BCUT2D eigenvalue weighted by atomic mass is 10.3. The van der Waals surface area contributed by atoms with E-state index in [1.807, 2.05) is 54.7 Å². The summed E-state index contributed by atoms with van der Waals surface area (Å²) in [6, 6.07) is 9.74. The second-order valence-electron chi connectivity index (χ2n) is 4.63. The Hall–Kier alpha value is -2.38. The minimum atomic E-state index is 0.337. The van der Waals surface area contributed by atoms with E-state index < -0.39 is 0 Å². The van der Waals surface area contributed by atoms with Crippen molar-refractivity contribution in [2.45, 2.75) is 0 Å². The molecule has 3 rings (SSSR count). The lowest BCUT2D eigenvalue weighted by Gasteiger charge is -2.14. The van der Waals surface area contributed by atoms with Crippen molar-refractivity contribution in [2.24, 2.45) is 5.84 Å². The normalized spacial score (nSPS) is 10.6. The van der Waals surface area contributed by atoms with E-state index >= 15 is 0 Å². The number of nitrogens with two attached hydrogens (primary N) is 1. The summed E-state index contributed by atoms with van der Waals surface area (Å²) in [7, 11) is 3.97. The van der Waals surface area contributed by atoms with E-state index in [-0.39, 0.29) is 0 Å². The first kappa shape index (κ1) is 13.6. The maximum absolute atomic E-state index is 5.92. The quantitative estimate of drug-likeness (QED) is 0.570. The minimum absolute atomic E-state index is 0.337. The Labute approximate surface area is 126 Å². The molecule has 0 aliphatic carbocycles. The van der Waals surface area contributed by atoms with E-state index in [0.29, 0.717) is 11.8 Å². The van der Waals surface area contributed by atoms with Crippen molar-refractivity contribution in [3.8, 4) is 11.6 Å². The van der Waals surface area contributed by atoms with Gasteiger partial charge in [-0.25, -0.2) is 10.8 Å². The molecule has 0 spiro atoms. The van der Waals surface area contributed by atoms with Gasteiger partial charge >= 0.3 is 0 Å². The van der Waals surface area contributed by atoms with E-state index in [2.05, 4.69) is 15.4 Å². The number of hydrazine groups is 1. The van der Waals surface area contributed by atoms with E-state index in [1.165, 1.54) is 11.3 Å². The average molecular weight is 301 g/mol. The summed E-state index contributed by atoms with van der Waals surface area (Å²) in [6.07, 6.45) is 0. The standard InChI is InChI=1S/C14H15N5OS/c1-19(2)9-4-3-5-10(8-9)20-12-11-6-7-21-13(11)17-14(16-12)18-15/h3-8H,15H2,1-2H3,(H,16,17,18). The van der Waals surface area contributed by atoms with Crippen LogP contribution >= 0.6 is 11.3 Å². The van der Waals surface area contributed by atoms with Crippen LogP contribution in [-0.2, 0) is 0 Å². The Balaban J connectivity index is 2.01. The van der Waals surface area contributed by atoms with Crippen LogP contribution in [0.1, 0.15) is 0 Å². The largest absolute Gasteiger partial charge is 0.438 e. The maximum Gasteiger partial charge on any atom is 0.241 e. The molecule has 3 aromatic rings. The fraction of sp³-hybridized carbons (Fsp3) is 0.143. The molecular formula is C14H15N5OS. The summed E-state index contributed by atoms with van der Waals surface area (Å²) in [4.78, 5) is 11.4. The average Bonchev–Trinajstić information content (AvgIpc) is 2.96.